The number of aliphatic imine (C=N–C) groups is 3. The monoisotopic (exact) mass is 855 g/mol. The molecule has 0 amide bonds. The van der Waals surface area contributed by atoms with Gasteiger partial charge in [-0.1, -0.05) is 31.2 Å². The minimum Gasteiger partial charge on any atom is -0.508 e. The van der Waals surface area contributed by atoms with Crippen LogP contribution in [0.4, 0.5) is 0 Å². The molecule has 3 aromatic rings. The van der Waals surface area contributed by atoms with Crippen molar-refractivity contribution in [1.29, 1.82) is 0 Å². The molecule has 0 radical (unpaired) electrons. The predicted molar refractivity (Wildman–Crippen MR) is 218 cm³/mol. The number of benzene rings is 3. The third kappa shape index (κ3) is 7.44. The smallest absolute Gasteiger partial charge is 0.336 e. The van der Waals surface area contributed by atoms with Crippen molar-refractivity contribution in [3.05, 3.63) is 101 Å². The third-order valence-electron chi connectivity index (χ3n) is 11.2. The van der Waals surface area contributed by atoms with Crippen LogP contribution in [0.1, 0.15) is 35.3 Å². The highest BCUT2D eigenvalue weighted by molar-refractivity contribution is 6.15. The van der Waals surface area contributed by atoms with Crippen molar-refractivity contribution in [3.63, 3.8) is 0 Å². The summed E-state index contributed by atoms with van der Waals surface area (Å²) in [5.74, 6) is -4.67. The van der Waals surface area contributed by atoms with E-state index in [1.54, 1.807) is 24.3 Å². The molecule has 3 aromatic carbocycles. The van der Waals surface area contributed by atoms with E-state index in [9.17, 15) is 50.8 Å². The fourth-order valence-corrected chi connectivity index (χ4v) is 8.01. The molecule has 324 valence electrons. The van der Waals surface area contributed by atoms with Crippen molar-refractivity contribution in [3.8, 4) is 34.5 Å². The quantitative estimate of drug-likeness (QED) is 0.0971. The number of amidine groups is 1. The highest BCUT2D eigenvalue weighted by Crippen LogP contribution is 2.53. The number of aliphatic hydroxyl groups excluding tert-OH is 4. The number of phenols is 2. The molecule has 19 heteroatoms. The Morgan fingerprint density at radius 3 is 2.48 bits per heavy atom. The van der Waals surface area contributed by atoms with Crippen molar-refractivity contribution < 1.29 is 79.8 Å². The Kier molecular flexibility index (Phi) is 11.1. The van der Waals surface area contributed by atoms with Gasteiger partial charge in [0, 0.05) is 18.2 Å². The van der Waals surface area contributed by atoms with Crippen molar-refractivity contribution in [2.75, 3.05) is 13.2 Å². The summed E-state index contributed by atoms with van der Waals surface area (Å²) in [5.41, 5.74) is -3.32. The number of nitrogens with two attached hydrogens (primary N) is 1. The van der Waals surface area contributed by atoms with Crippen LogP contribution in [0.3, 0.4) is 0 Å². The standard InChI is InChI=1S/C43H42N4O15/c1-2-20-11-21(13-23(49)12-20)18-58-37-31(61-41-42(56)10-9-25(27-16-45-19-46-27)43(57,40(42)55)38(62-41)39(53)54)15-30-34(36(37)52)28(50)14-29(60-30)22-3-5-24(6-4-22)59-32(17-48)35(51)26-7-8-33(44)47-26/h3-15,19,25,29,32,35,38,40-41,44,48-52,55-57H,2,16-18H2,1H3,(H,53,54)/p+1. The minimum atomic E-state index is -2.65. The molecule has 4 aliphatic heterocycles. The average Bonchev–Trinajstić information content (AvgIpc) is 3.94. The van der Waals surface area contributed by atoms with Gasteiger partial charge in [0.1, 0.15) is 59.3 Å². The zero-order valence-electron chi connectivity index (χ0n) is 32.8. The number of aryl methyl sites for hydroxylation is 1. The van der Waals surface area contributed by atoms with Crippen LogP contribution in [-0.4, -0.2) is 131 Å². The van der Waals surface area contributed by atoms with E-state index in [1.807, 2.05) is 6.92 Å². The zero-order chi connectivity index (χ0) is 44.1. The third-order valence-corrected chi connectivity index (χ3v) is 11.2. The summed E-state index contributed by atoms with van der Waals surface area (Å²) < 4.78 is 30.0. The van der Waals surface area contributed by atoms with Crippen molar-refractivity contribution >= 4 is 35.3 Å². The summed E-state index contributed by atoms with van der Waals surface area (Å²) in [6, 6.07) is 12.2. The van der Waals surface area contributed by atoms with E-state index in [4.69, 9.17) is 29.1 Å². The number of aliphatic hydroxyl groups is 6. The first-order valence-corrected chi connectivity index (χ1v) is 19.4. The Bertz CT molecular complexity index is 2480. The number of phenolic OH excluding ortho intramolecular Hbond substituents is 2. The van der Waals surface area contributed by atoms with E-state index in [0.717, 1.165) is 11.6 Å². The molecule has 19 nitrogen and oxygen atoms in total. The number of carboxylic acids is 1. The minimum absolute atomic E-state index is 0.00109. The van der Waals surface area contributed by atoms with Gasteiger partial charge in [-0.25, -0.2) is 9.79 Å². The SMILES string of the molecule is CCc1cc(O)cc(COc2c(OC3OC(C(=O)O)C4(O)C(C5=NC=NC5)C=CC3(O)C4O)cc3c(c2O)C(O)=CC(c2ccc(OC(CO)C(O)C4=NC(=[NH2+])C=C4)cc2)O3)c1. The summed E-state index contributed by atoms with van der Waals surface area (Å²) >= 11 is 0. The molecular weight excluding hydrogens is 812 g/mol. The van der Waals surface area contributed by atoms with Crippen LogP contribution in [0.25, 0.3) is 5.76 Å². The molecule has 9 atom stereocenters. The molecule has 0 aromatic heterocycles. The van der Waals surface area contributed by atoms with Crippen molar-refractivity contribution in [1.82, 2.24) is 0 Å². The van der Waals surface area contributed by atoms with E-state index in [0.29, 0.717) is 17.5 Å². The highest BCUT2D eigenvalue weighted by atomic mass is 16.7. The van der Waals surface area contributed by atoms with Gasteiger partial charge in [-0.3, -0.25) is 10.4 Å². The number of aromatic hydroxyl groups is 2. The van der Waals surface area contributed by atoms with Gasteiger partial charge in [-0.15, -0.1) is 0 Å². The number of rotatable bonds is 14. The van der Waals surface area contributed by atoms with Gasteiger partial charge in [-0.2, -0.15) is 0 Å². The van der Waals surface area contributed by atoms with E-state index in [1.165, 1.54) is 54.9 Å². The fourth-order valence-electron chi connectivity index (χ4n) is 8.01. The predicted octanol–water partition coefficient (Wildman–Crippen LogP) is 0.221. The molecule has 1 aliphatic carbocycles. The lowest BCUT2D eigenvalue weighted by molar-refractivity contribution is -0.337. The van der Waals surface area contributed by atoms with Crippen molar-refractivity contribution in [2.45, 2.75) is 68.0 Å². The number of fused-ring (bicyclic) bond motifs is 3. The second-order valence-corrected chi connectivity index (χ2v) is 15.2. The lowest BCUT2D eigenvalue weighted by atomic mass is 9.64. The molecule has 4 heterocycles. The zero-order valence-corrected chi connectivity index (χ0v) is 32.8. The Morgan fingerprint density at radius 2 is 1.82 bits per heavy atom. The Morgan fingerprint density at radius 1 is 1.06 bits per heavy atom. The van der Waals surface area contributed by atoms with Gasteiger partial charge in [0.05, 0.1) is 24.8 Å². The van der Waals surface area contributed by atoms with Crippen LogP contribution >= 0.6 is 0 Å². The molecule has 9 unspecified atom stereocenters. The largest absolute Gasteiger partial charge is 0.508 e. The first-order chi connectivity index (χ1) is 29.6. The molecule has 5 aliphatic rings. The average molecular weight is 856 g/mol. The van der Waals surface area contributed by atoms with E-state index in [2.05, 4.69) is 15.0 Å². The Labute approximate surface area is 352 Å². The molecule has 62 heavy (non-hydrogen) atoms. The molecule has 2 bridgehead atoms. The second kappa shape index (κ2) is 16.3. The van der Waals surface area contributed by atoms with Crippen LogP contribution in [0.15, 0.2) is 93.9 Å². The molecule has 0 spiro atoms. The summed E-state index contributed by atoms with van der Waals surface area (Å²) in [6.07, 6.45) is -1.38. The number of hydrogen-bond acceptors (Lipinski definition) is 16. The van der Waals surface area contributed by atoms with E-state index >= 15 is 0 Å². The lowest BCUT2D eigenvalue weighted by Gasteiger charge is -2.55. The Hall–Kier alpha value is -6.61. The maximum atomic E-state index is 12.7. The maximum absolute atomic E-state index is 12.7. The summed E-state index contributed by atoms with van der Waals surface area (Å²) in [4.78, 5) is 24.8. The van der Waals surface area contributed by atoms with Crippen molar-refractivity contribution in [2.24, 2.45) is 20.9 Å². The molecule has 1 saturated heterocycles. The second-order valence-electron chi connectivity index (χ2n) is 15.2. The topological polar surface area (TPSA) is 308 Å². The number of carboxylic acid groups (broad SMARTS) is 1. The number of nitrogens with zero attached hydrogens (tertiary/aromatic N) is 3. The van der Waals surface area contributed by atoms with Gasteiger partial charge >= 0.3 is 11.8 Å². The van der Waals surface area contributed by atoms with E-state index < -0.39 is 89.5 Å². The van der Waals surface area contributed by atoms with Gasteiger partial charge < -0.3 is 69.6 Å². The first-order valence-electron chi connectivity index (χ1n) is 19.4. The van der Waals surface area contributed by atoms with Gasteiger partial charge in [-0.05, 0) is 64.5 Å². The number of hydrogen-bond donors (Lipinski definition) is 10. The Balaban J connectivity index is 1.12. The normalized spacial score (nSPS) is 28.0. The van der Waals surface area contributed by atoms with Gasteiger partial charge in [0.15, 0.2) is 41.1 Å². The van der Waals surface area contributed by atoms with Crippen LogP contribution < -0.4 is 24.4 Å². The molecule has 0 saturated carbocycles. The number of carbonyl (C=O) groups is 1. The van der Waals surface area contributed by atoms with Crippen LogP contribution in [-0.2, 0) is 22.6 Å². The lowest BCUT2D eigenvalue weighted by Crippen LogP contribution is -2.78. The molecule has 1 fully saturated rings. The molecule has 8 rings (SSSR count). The fraction of sp³-hybridized carbons (Fsp3) is 0.326. The number of aliphatic carboxylic acids is 1. The van der Waals surface area contributed by atoms with Crippen LogP contribution in [0.5, 0.6) is 34.5 Å². The number of ether oxygens (including phenoxy) is 5. The summed E-state index contributed by atoms with van der Waals surface area (Å²) in [5, 5.41) is 106. The van der Waals surface area contributed by atoms with Crippen LogP contribution in [0, 0.1) is 5.92 Å². The van der Waals surface area contributed by atoms with E-state index in [-0.39, 0.29) is 53.2 Å². The highest BCUT2D eigenvalue weighted by Gasteiger charge is 2.70. The molecule has 11 N–H and O–H groups in total. The maximum Gasteiger partial charge on any atom is 0.336 e. The van der Waals surface area contributed by atoms with Gasteiger partial charge in [0.25, 0.3) is 0 Å². The molecular formula is C43H43N4O15+. The van der Waals surface area contributed by atoms with Gasteiger partial charge in [0.2, 0.25) is 12.0 Å². The first kappa shape index (κ1) is 42.1. The summed E-state index contributed by atoms with van der Waals surface area (Å²) in [7, 11) is 0. The van der Waals surface area contributed by atoms with Crippen LogP contribution in [0.2, 0.25) is 0 Å². The summed E-state index contributed by atoms with van der Waals surface area (Å²) in [6.45, 7) is 1.06.